The maximum atomic E-state index is 13.3. The number of hydrogen-bond acceptors (Lipinski definition) is 7. The van der Waals surface area contributed by atoms with Crippen LogP contribution in [0.15, 0.2) is 35.7 Å². The fourth-order valence-corrected chi connectivity index (χ4v) is 6.94. The molecule has 1 aromatic heterocycles. The molecule has 0 unspecified atom stereocenters. The molecule has 2 fully saturated rings. The Morgan fingerprint density at radius 2 is 1.68 bits per heavy atom. The third-order valence-corrected chi connectivity index (χ3v) is 9.51. The van der Waals surface area contributed by atoms with Crippen LogP contribution in [0.25, 0.3) is 0 Å². The van der Waals surface area contributed by atoms with Crippen LogP contribution in [0.3, 0.4) is 0 Å². The van der Waals surface area contributed by atoms with Gasteiger partial charge >= 0.3 is 5.97 Å². The first kappa shape index (κ1) is 28.7. The van der Waals surface area contributed by atoms with Crippen LogP contribution in [0.2, 0.25) is 0 Å². The Morgan fingerprint density at radius 1 is 0.975 bits per heavy atom. The Kier molecular flexibility index (Phi) is 8.87. The van der Waals surface area contributed by atoms with Crippen LogP contribution in [0.5, 0.6) is 0 Å². The van der Waals surface area contributed by atoms with E-state index < -0.39 is 5.54 Å². The topological polar surface area (TPSA) is 73.4 Å². The number of carbonyl (C=O) groups is 3. The number of esters is 1. The van der Waals surface area contributed by atoms with E-state index in [-0.39, 0.29) is 24.4 Å². The smallest absolute Gasteiger partial charge is 0.338 e. The number of thiocarbonyl (C=S) groups is 1. The Morgan fingerprint density at radius 3 is 2.38 bits per heavy atom. The van der Waals surface area contributed by atoms with Crippen molar-refractivity contribution in [3.8, 4) is 0 Å². The summed E-state index contributed by atoms with van der Waals surface area (Å²) in [6.07, 6.45) is 6.84. The van der Waals surface area contributed by atoms with Gasteiger partial charge in [-0.1, -0.05) is 31.7 Å². The Hall–Kier alpha value is -2.82. The van der Waals surface area contributed by atoms with E-state index in [1.165, 1.54) is 37.0 Å². The van der Waals surface area contributed by atoms with E-state index in [2.05, 4.69) is 4.90 Å². The summed E-state index contributed by atoms with van der Waals surface area (Å²) in [5, 5.41) is 2.48. The van der Waals surface area contributed by atoms with Gasteiger partial charge in [0.2, 0.25) is 0 Å². The zero-order chi connectivity index (χ0) is 28.3. The molecule has 0 atom stereocenters. The van der Waals surface area contributed by atoms with Crippen LogP contribution < -0.4 is 4.90 Å². The summed E-state index contributed by atoms with van der Waals surface area (Å²) in [6.45, 7) is 9.47. The second-order valence-electron chi connectivity index (χ2n) is 11.3. The summed E-state index contributed by atoms with van der Waals surface area (Å²) >= 11 is 7.28. The molecule has 214 valence electrons. The monoisotopic (exact) mass is 582 g/mol. The van der Waals surface area contributed by atoms with Crippen molar-refractivity contribution in [2.45, 2.75) is 64.5 Å². The number of amides is 2. The molecule has 3 aliphatic heterocycles. The SMILES string of the molecule is CC1(C)C(=O)N(c2ccc3c(c2)COC3=O)C(=S)N1CCCCCCCCN1CCN(C(=O)c2cccs2)CC1. The average molecular weight is 583 g/mol. The fourth-order valence-electron chi connectivity index (χ4n) is 5.74. The maximum Gasteiger partial charge on any atom is 0.338 e. The number of fused-ring (bicyclic) bond motifs is 1. The molecule has 40 heavy (non-hydrogen) atoms. The molecular weight excluding hydrogens is 544 g/mol. The van der Waals surface area contributed by atoms with E-state index in [9.17, 15) is 14.4 Å². The number of benzene rings is 1. The van der Waals surface area contributed by atoms with Gasteiger partial charge < -0.3 is 14.5 Å². The van der Waals surface area contributed by atoms with Crippen molar-refractivity contribution in [3.63, 3.8) is 0 Å². The molecule has 2 saturated heterocycles. The van der Waals surface area contributed by atoms with Crippen molar-refractivity contribution in [1.82, 2.24) is 14.7 Å². The molecule has 1 aromatic carbocycles. The number of hydrogen-bond donors (Lipinski definition) is 0. The predicted molar refractivity (Wildman–Crippen MR) is 161 cm³/mol. The summed E-state index contributed by atoms with van der Waals surface area (Å²) in [7, 11) is 0. The standard InChI is InChI=1S/C30H38N4O4S2/c1-30(2)28(37)34(23-11-12-24-22(20-23)21-38-27(24)36)29(39)33(30)14-8-6-4-3-5-7-13-31-15-17-32(18-16-31)26(35)25-10-9-19-40-25/h9-12,19-20H,3-8,13-18,21H2,1-2H3. The molecule has 10 heteroatoms. The van der Waals surface area contributed by atoms with Crippen LogP contribution in [0, 0.1) is 0 Å². The van der Waals surface area contributed by atoms with Crippen LogP contribution in [0.4, 0.5) is 5.69 Å². The van der Waals surface area contributed by atoms with E-state index in [1.807, 2.05) is 47.2 Å². The number of rotatable bonds is 11. The summed E-state index contributed by atoms with van der Waals surface area (Å²) in [4.78, 5) is 46.6. The second-order valence-corrected chi connectivity index (χ2v) is 12.6. The third kappa shape index (κ3) is 5.94. The second kappa shape index (κ2) is 12.4. The fraction of sp³-hybridized carbons (Fsp3) is 0.533. The number of carbonyl (C=O) groups excluding carboxylic acids is 3. The average Bonchev–Trinajstić information content (AvgIpc) is 3.65. The first-order valence-electron chi connectivity index (χ1n) is 14.3. The molecule has 2 aromatic rings. The van der Waals surface area contributed by atoms with Crippen molar-refractivity contribution in [3.05, 3.63) is 51.7 Å². The summed E-state index contributed by atoms with van der Waals surface area (Å²) in [6, 6.07) is 9.18. The van der Waals surface area contributed by atoms with Crippen LogP contribution >= 0.6 is 23.6 Å². The van der Waals surface area contributed by atoms with Gasteiger partial charge in [0.25, 0.3) is 11.8 Å². The molecule has 5 rings (SSSR count). The lowest BCUT2D eigenvalue weighted by Crippen LogP contribution is -2.48. The zero-order valence-electron chi connectivity index (χ0n) is 23.4. The minimum Gasteiger partial charge on any atom is -0.457 e. The highest BCUT2D eigenvalue weighted by Gasteiger charge is 2.49. The van der Waals surface area contributed by atoms with Crippen molar-refractivity contribution >= 4 is 52.1 Å². The molecule has 2 amide bonds. The van der Waals surface area contributed by atoms with Crippen LogP contribution in [-0.4, -0.2) is 82.4 Å². The van der Waals surface area contributed by atoms with E-state index in [0.717, 1.165) is 62.6 Å². The largest absolute Gasteiger partial charge is 0.457 e. The molecule has 8 nitrogen and oxygen atoms in total. The van der Waals surface area contributed by atoms with Gasteiger partial charge in [0.1, 0.15) is 12.1 Å². The highest BCUT2D eigenvalue weighted by molar-refractivity contribution is 7.80. The number of unbranched alkanes of at least 4 members (excludes halogenated alkanes) is 5. The van der Waals surface area contributed by atoms with Gasteiger partial charge in [0.15, 0.2) is 5.11 Å². The minimum absolute atomic E-state index is 0.0422. The molecule has 0 saturated carbocycles. The number of ether oxygens (including phenoxy) is 1. The van der Waals surface area contributed by atoms with E-state index in [1.54, 1.807) is 17.0 Å². The predicted octanol–water partition coefficient (Wildman–Crippen LogP) is 4.93. The number of nitrogens with zero attached hydrogens (tertiary/aromatic N) is 4. The first-order chi connectivity index (χ1) is 19.3. The third-order valence-electron chi connectivity index (χ3n) is 8.25. The lowest BCUT2D eigenvalue weighted by Gasteiger charge is -2.34. The quantitative estimate of drug-likeness (QED) is 0.211. The van der Waals surface area contributed by atoms with Crippen molar-refractivity contribution in [2.75, 3.05) is 44.2 Å². The summed E-state index contributed by atoms with van der Waals surface area (Å²) < 4.78 is 5.11. The molecule has 3 aliphatic rings. The summed E-state index contributed by atoms with van der Waals surface area (Å²) in [5.41, 5.74) is 1.33. The minimum atomic E-state index is -0.708. The summed E-state index contributed by atoms with van der Waals surface area (Å²) in [5.74, 6) is -0.194. The molecule has 4 heterocycles. The Labute approximate surface area is 245 Å². The van der Waals surface area contributed by atoms with Crippen molar-refractivity contribution in [1.29, 1.82) is 0 Å². The van der Waals surface area contributed by atoms with E-state index >= 15 is 0 Å². The van der Waals surface area contributed by atoms with Gasteiger partial charge in [-0.05, 0) is 75.1 Å². The number of cyclic esters (lactones) is 1. The normalized spacial score (nSPS) is 18.9. The Bertz CT molecular complexity index is 1250. The maximum absolute atomic E-state index is 13.3. The lowest BCUT2D eigenvalue weighted by atomic mass is 10.0. The lowest BCUT2D eigenvalue weighted by molar-refractivity contribution is -0.123. The van der Waals surface area contributed by atoms with E-state index in [4.69, 9.17) is 17.0 Å². The van der Waals surface area contributed by atoms with Gasteiger partial charge in [-0.15, -0.1) is 11.3 Å². The van der Waals surface area contributed by atoms with Crippen LogP contribution in [-0.2, 0) is 16.1 Å². The zero-order valence-corrected chi connectivity index (χ0v) is 25.0. The Balaban J connectivity index is 0.987. The molecule has 0 radical (unpaired) electrons. The van der Waals surface area contributed by atoms with Gasteiger partial charge in [-0.25, -0.2) is 4.79 Å². The number of piperazine rings is 1. The molecule has 0 spiro atoms. The molecule has 0 bridgehead atoms. The van der Waals surface area contributed by atoms with Gasteiger partial charge in [-0.3, -0.25) is 19.4 Å². The van der Waals surface area contributed by atoms with Gasteiger partial charge in [-0.2, -0.15) is 0 Å². The molecular formula is C30H38N4O4S2. The van der Waals surface area contributed by atoms with E-state index in [0.29, 0.717) is 16.4 Å². The number of thiophene rings is 1. The molecule has 0 N–H and O–H groups in total. The van der Waals surface area contributed by atoms with Gasteiger partial charge in [0, 0.05) is 38.3 Å². The van der Waals surface area contributed by atoms with Crippen LogP contribution in [0.1, 0.15) is 78.0 Å². The molecule has 0 aliphatic carbocycles. The highest BCUT2D eigenvalue weighted by atomic mass is 32.1. The number of anilines is 1. The van der Waals surface area contributed by atoms with Crippen molar-refractivity contribution in [2.24, 2.45) is 0 Å². The van der Waals surface area contributed by atoms with Gasteiger partial charge in [0.05, 0.1) is 16.1 Å². The highest BCUT2D eigenvalue weighted by Crippen LogP contribution is 2.34. The first-order valence-corrected chi connectivity index (χ1v) is 15.6. The van der Waals surface area contributed by atoms with Crippen molar-refractivity contribution < 1.29 is 19.1 Å².